The van der Waals surface area contributed by atoms with Crippen LogP contribution in [0.25, 0.3) is 55.2 Å². The standard InChI is InChI=1S/C60H63BN2/c1-36-28-39(38-18-16-15-17-19-38)29-37(2)54(36)40-30-47-49-34-44(60(12,13)14)33-48-46-32-42(58(6,7)8)22-26-51(46)63(56(48)49)61-50-35-43(59(9,10)11)23-27-52(50)62(53(31-40)55(47)61)45-24-20-41(21-25-45)57(3,4)5/h15-35H,1-14H3. The summed E-state index contributed by atoms with van der Waals surface area (Å²) in [6.45, 7) is 32.7. The Kier molecular flexibility index (Phi) is 9.06. The van der Waals surface area contributed by atoms with Gasteiger partial charge in [0, 0.05) is 44.4 Å². The van der Waals surface area contributed by atoms with E-state index in [9.17, 15) is 0 Å². The van der Waals surface area contributed by atoms with Crippen molar-refractivity contribution >= 4 is 56.6 Å². The lowest BCUT2D eigenvalue weighted by atomic mass is 9.44. The molecular formula is C60H63BN2. The number of hydrogen-bond donors (Lipinski definition) is 0. The zero-order valence-electron chi connectivity index (χ0n) is 40.1. The highest BCUT2D eigenvalue weighted by atomic mass is 15.2. The summed E-state index contributed by atoms with van der Waals surface area (Å²) in [5.74, 6) is 0. The lowest BCUT2D eigenvalue weighted by Crippen LogP contribution is -2.57. The Labute approximate surface area is 377 Å². The van der Waals surface area contributed by atoms with Crippen LogP contribution in [0.2, 0.25) is 0 Å². The predicted molar refractivity (Wildman–Crippen MR) is 275 cm³/mol. The fourth-order valence-corrected chi connectivity index (χ4v) is 10.6. The second-order valence-corrected chi connectivity index (χ2v) is 22.9. The van der Waals surface area contributed by atoms with E-state index in [2.05, 4.69) is 234 Å². The summed E-state index contributed by atoms with van der Waals surface area (Å²) in [6, 6.07) is 49.8. The third-order valence-corrected chi connectivity index (χ3v) is 14.2. The van der Waals surface area contributed by atoms with E-state index < -0.39 is 0 Å². The largest absolute Gasteiger partial charge is 0.375 e. The van der Waals surface area contributed by atoms with Crippen molar-refractivity contribution in [1.29, 1.82) is 0 Å². The highest BCUT2D eigenvalue weighted by molar-refractivity contribution is 6.90. The second-order valence-electron chi connectivity index (χ2n) is 22.9. The van der Waals surface area contributed by atoms with Crippen molar-refractivity contribution in [3.8, 4) is 33.4 Å². The van der Waals surface area contributed by atoms with Crippen molar-refractivity contribution in [3.05, 3.63) is 161 Å². The number of aromatic nitrogens is 1. The Morgan fingerprint density at radius 2 is 1.00 bits per heavy atom. The molecule has 0 amide bonds. The van der Waals surface area contributed by atoms with Crippen LogP contribution in [-0.4, -0.2) is 11.3 Å². The van der Waals surface area contributed by atoms with Crippen LogP contribution in [-0.2, 0) is 21.7 Å². The van der Waals surface area contributed by atoms with Gasteiger partial charge in [-0.3, -0.25) is 0 Å². The van der Waals surface area contributed by atoms with Crippen LogP contribution in [0.5, 0.6) is 0 Å². The molecule has 0 radical (unpaired) electrons. The van der Waals surface area contributed by atoms with Crippen LogP contribution < -0.4 is 15.8 Å². The minimum Gasteiger partial charge on any atom is -0.375 e. The quantitative estimate of drug-likeness (QED) is 0.161. The minimum absolute atomic E-state index is 0.0200. The third kappa shape index (κ3) is 6.60. The summed E-state index contributed by atoms with van der Waals surface area (Å²) in [6.07, 6.45) is 0. The van der Waals surface area contributed by atoms with Gasteiger partial charge in [0.05, 0.1) is 0 Å². The van der Waals surface area contributed by atoms with Crippen LogP contribution in [0, 0.1) is 13.8 Å². The maximum atomic E-state index is 2.74. The van der Waals surface area contributed by atoms with Gasteiger partial charge in [-0.25, -0.2) is 0 Å². The highest BCUT2D eigenvalue weighted by Crippen LogP contribution is 2.49. The molecule has 316 valence electrons. The molecule has 0 atom stereocenters. The van der Waals surface area contributed by atoms with Crippen molar-refractivity contribution in [3.63, 3.8) is 0 Å². The first-order valence-corrected chi connectivity index (χ1v) is 23.1. The average molecular weight is 823 g/mol. The molecule has 2 nitrogen and oxygen atoms in total. The molecule has 0 saturated carbocycles. The first kappa shape index (κ1) is 41.2. The number of fused-ring (bicyclic) bond motifs is 7. The zero-order chi connectivity index (χ0) is 44.7. The van der Waals surface area contributed by atoms with E-state index in [1.54, 1.807) is 0 Å². The van der Waals surface area contributed by atoms with Crippen LogP contribution in [0.3, 0.4) is 0 Å². The molecule has 3 heteroatoms. The van der Waals surface area contributed by atoms with Crippen LogP contribution in [0.4, 0.5) is 17.1 Å². The van der Waals surface area contributed by atoms with Gasteiger partial charge in [-0.1, -0.05) is 156 Å². The fraction of sp³-hybridized carbons (Fsp3) is 0.300. The summed E-state index contributed by atoms with van der Waals surface area (Å²) >= 11 is 0. The summed E-state index contributed by atoms with van der Waals surface area (Å²) in [5.41, 5.74) is 24.8. The molecule has 2 aliphatic rings. The number of rotatable bonds is 3. The molecular weight excluding hydrogens is 759 g/mol. The molecule has 1 aromatic heterocycles. The van der Waals surface area contributed by atoms with E-state index in [1.165, 1.54) is 117 Å². The van der Waals surface area contributed by atoms with Gasteiger partial charge in [0.25, 0.3) is 0 Å². The van der Waals surface area contributed by atoms with Gasteiger partial charge >= 0.3 is 6.85 Å². The van der Waals surface area contributed by atoms with Gasteiger partial charge in [0.1, 0.15) is 0 Å². The van der Waals surface area contributed by atoms with Crippen molar-refractivity contribution in [1.82, 2.24) is 4.48 Å². The number of anilines is 3. The lowest BCUT2D eigenvalue weighted by molar-refractivity contribution is 0.590. The van der Waals surface area contributed by atoms with Crippen molar-refractivity contribution in [2.45, 2.75) is 119 Å². The molecule has 0 spiro atoms. The molecule has 0 fully saturated rings. The number of aryl methyl sites for hydroxylation is 2. The molecule has 0 N–H and O–H groups in total. The zero-order valence-corrected chi connectivity index (χ0v) is 40.1. The molecule has 0 bridgehead atoms. The number of benzene rings is 7. The molecule has 0 aliphatic carbocycles. The minimum atomic E-state index is -0.0508. The molecule has 10 rings (SSSR count). The van der Waals surface area contributed by atoms with Gasteiger partial charge in [0.2, 0.25) is 0 Å². The number of hydrogen-bond acceptors (Lipinski definition) is 1. The van der Waals surface area contributed by atoms with E-state index in [4.69, 9.17) is 0 Å². The van der Waals surface area contributed by atoms with Crippen LogP contribution in [0.15, 0.2) is 127 Å². The Morgan fingerprint density at radius 3 is 1.62 bits per heavy atom. The van der Waals surface area contributed by atoms with Crippen molar-refractivity contribution in [2.24, 2.45) is 0 Å². The molecule has 0 unspecified atom stereocenters. The molecule has 7 aromatic carbocycles. The van der Waals surface area contributed by atoms with Crippen LogP contribution in [0.1, 0.15) is 116 Å². The Balaban J connectivity index is 1.37. The van der Waals surface area contributed by atoms with E-state index in [-0.39, 0.29) is 28.5 Å². The summed E-state index contributed by atoms with van der Waals surface area (Å²) < 4.78 is 2.74. The van der Waals surface area contributed by atoms with E-state index in [0.29, 0.717) is 0 Å². The summed E-state index contributed by atoms with van der Waals surface area (Å²) in [7, 11) is 0. The SMILES string of the molecule is Cc1cc(-c2ccccc2)cc(C)c1-c1cc2c3c(c1)N(c1ccc(C(C)(C)C)cc1)c1ccc(C(C)(C)C)cc1B3n1c3ccc(C(C)(C)C)cc3c3cc(C(C)(C)C)cc-2c31. The Morgan fingerprint density at radius 1 is 0.429 bits per heavy atom. The molecule has 8 aromatic rings. The average Bonchev–Trinajstić information content (AvgIpc) is 3.54. The summed E-state index contributed by atoms with van der Waals surface area (Å²) in [4.78, 5) is 2.59. The first-order chi connectivity index (χ1) is 29.6. The van der Waals surface area contributed by atoms with Gasteiger partial charge in [-0.05, 0) is 162 Å². The van der Waals surface area contributed by atoms with Gasteiger partial charge < -0.3 is 9.38 Å². The topological polar surface area (TPSA) is 8.17 Å². The molecule has 3 heterocycles. The Hall–Kier alpha value is -5.80. The smallest absolute Gasteiger partial charge is 0.333 e. The maximum absolute atomic E-state index is 2.74. The predicted octanol–water partition coefficient (Wildman–Crippen LogP) is 15.4. The van der Waals surface area contributed by atoms with E-state index in [1.807, 2.05) is 0 Å². The fourth-order valence-electron chi connectivity index (χ4n) is 10.6. The van der Waals surface area contributed by atoms with Gasteiger partial charge in [-0.2, -0.15) is 0 Å². The van der Waals surface area contributed by atoms with Gasteiger partial charge in [0.15, 0.2) is 0 Å². The first-order valence-electron chi connectivity index (χ1n) is 23.1. The molecule has 2 aliphatic heterocycles. The third-order valence-electron chi connectivity index (χ3n) is 14.2. The summed E-state index contributed by atoms with van der Waals surface area (Å²) in [5, 5.41) is 2.70. The number of nitrogens with zero attached hydrogens (tertiary/aromatic N) is 2. The van der Waals surface area contributed by atoms with E-state index >= 15 is 0 Å². The van der Waals surface area contributed by atoms with E-state index in [0.717, 1.165) is 0 Å². The molecule has 63 heavy (non-hydrogen) atoms. The normalized spacial score (nSPS) is 13.8. The van der Waals surface area contributed by atoms with Crippen molar-refractivity contribution in [2.75, 3.05) is 4.90 Å². The highest BCUT2D eigenvalue weighted by Gasteiger charge is 2.44. The van der Waals surface area contributed by atoms with Crippen LogP contribution >= 0.6 is 0 Å². The monoisotopic (exact) mass is 823 g/mol. The second kappa shape index (κ2) is 13.9. The van der Waals surface area contributed by atoms with Crippen molar-refractivity contribution < 1.29 is 0 Å². The van der Waals surface area contributed by atoms with Gasteiger partial charge in [-0.15, -0.1) is 0 Å². The maximum Gasteiger partial charge on any atom is 0.333 e. The lowest BCUT2D eigenvalue weighted by Gasteiger charge is -2.42. The molecule has 0 saturated heterocycles. The Bertz CT molecular complexity index is 3130.